The first-order chi connectivity index (χ1) is 7.18. The number of nitrogens with zero attached hydrogens (tertiary/aromatic N) is 2. The zero-order chi connectivity index (χ0) is 10.8. The van der Waals surface area contributed by atoms with Crippen LogP contribution < -0.4 is 5.32 Å². The van der Waals surface area contributed by atoms with E-state index in [0.717, 1.165) is 29.5 Å². The molecule has 0 aliphatic carbocycles. The van der Waals surface area contributed by atoms with E-state index in [9.17, 15) is 4.79 Å². The predicted molar refractivity (Wildman–Crippen MR) is 67.5 cm³/mol. The number of nitrogens with one attached hydrogen (secondary N) is 1. The standard InChI is InChI=1S/C10H15N3OS.ClH/c1-7-5-11-3-4-13(7)10(14)9-6-12-8(2)15-9;/h6-7,11H,3-5H2,1-2H3;1H. The minimum absolute atomic E-state index is 0. The van der Waals surface area contributed by atoms with Crippen LogP contribution in [-0.4, -0.2) is 41.5 Å². The molecular formula is C10H16ClN3OS. The first-order valence-electron chi connectivity index (χ1n) is 5.12. The van der Waals surface area contributed by atoms with Crippen LogP contribution in [0.1, 0.15) is 21.6 Å². The van der Waals surface area contributed by atoms with E-state index in [2.05, 4.69) is 17.2 Å². The Kier molecular flexibility index (Phi) is 4.70. The minimum Gasteiger partial charge on any atom is -0.333 e. The molecule has 2 heterocycles. The highest BCUT2D eigenvalue weighted by atomic mass is 35.5. The van der Waals surface area contributed by atoms with E-state index in [-0.39, 0.29) is 24.4 Å². The second kappa shape index (κ2) is 5.61. The first-order valence-corrected chi connectivity index (χ1v) is 5.94. The summed E-state index contributed by atoms with van der Waals surface area (Å²) in [6.45, 7) is 6.54. The maximum Gasteiger partial charge on any atom is 0.265 e. The fourth-order valence-electron chi connectivity index (χ4n) is 1.74. The van der Waals surface area contributed by atoms with E-state index < -0.39 is 0 Å². The van der Waals surface area contributed by atoms with Crippen LogP contribution in [0, 0.1) is 6.92 Å². The number of halogens is 1. The Labute approximate surface area is 105 Å². The van der Waals surface area contributed by atoms with Crippen molar-refractivity contribution in [2.45, 2.75) is 19.9 Å². The van der Waals surface area contributed by atoms with Crippen LogP contribution in [0.15, 0.2) is 6.20 Å². The largest absolute Gasteiger partial charge is 0.333 e. The molecule has 1 aromatic rings. The van der Waals surface area contributed by atoms with Gasteiger partial charge in [-0.15, -0.1) is 23.7 Å². The van der Waals surface area contributed by atoms with Crippen LogP contribution in [0.4, 0.5) is 0 Å². The van der Waals surface area contributed by atoms with Crippen molar-refractivity contribution in [2.24, 2.45) is 0 Å². The first kappa shape index (κ1) is 13.4. The maximum absolute atomic E-state index is 12.1. The number of aromatic nitrogens is 1. The zero-order valence-corrected chi connectivity index (χ0v) is 11.0. The normalized spacial score (nSPS) is 20.4. The number of carbonyl (C=O) groups is 1. The smallest absolute Gasteiger partial charge is 0.265 e. The molecule has 1 aromatic heterocycles. The van der Waals surface area contributed by atoms with Crippen molar-refractivity contribution >= 4 is 29.7 Å². The molecule has 90 valence electrons. The summed E-state index contributed by atoms with van der Waals surface area (Å²) in [5.74, 6) is 0.120. The highest BCUT2D eigenvalue weighted by Crippen LogP contribution is 2.16. The summed E-state index contributed by atoms with van der Waals surface area (Å²) in [7, 11) is 0. The zero-order valence-electron chi connectivity index (χ0n) is 9.40. The summed E-state index contributed by atoms with van der Waals surface area (Å²) in [6, 6.07) is 0.272. The molecule has 1 aliphatic rings. The van der Waals surface area contributed by atoms with Crippen LogP contribution in [0.2, 0.25) is 0 Å². The van der Waals surface area contributed by atoms with Crippen LogP contribution in [0.25, 0.3) is 0 Å². The Morgan fingerprint density at radius 3 is 3.00 bits per heavy atom. The molecule has 0 saturated carbocycles. The summed E-state index contributed by atoms with van der Waals surface area (Å²) in [5, 5.41) is 4.22. The Morgan fingerprint density at radius 2 is 2.44 bits per heavy atom. The van der Waals surface area contributed by atoms with Gasteiger partial charge in [0.05, 0.1) is 11.2 Å². The Hall–Kier alpha value is -0.650. The van der Waals surface area contributed by atoms with Gasteiger partial charge in [-0.05, 0) is 13.8 Å². The van der Waals surface area contributed by atoms with Gasteiger partial charge in [-0.1, -0.05) is 0 Å². The number of carbonyl (C=O) groups excluding carboxylic acids is 1. The third-order valence-corrected chi connectivity index (χ3v) is 3.49. The quantitative estimate of drug-likeness (QED) is 0.829. The molecule has 2 rings (SSSR count). The van der Waals surface area contributed by atoms with Crippen molar-refractivity contribution in [1.82, 2.24) is 15.2 Å². The molecular weight excluding hydrogens is 246 g/mol. The second-order valence-electron chi connectivity index (χ2n) is 3.80. The number of piperazine rings is 1. The molecule has 1 saturated heterocycles. The van der Waals surface area contributed by atoms with Gasteiger partial charge in [0.2, 0.25) is 0 Å². The molecule has 0 radical (unpaired) electrons. The van der Waals surface area contributed by atoms with Crippen LogP contribution >= 0.6 is 23.7 Å². The molecule has 0 spiro atoms. The van der Waals surface area contributed by atoms with Crippen molar-refractivity contribution in [3.8, 4) is 0 Å². The number of aryl methyl sites for hydroxylation is 1. The molecule has 1 atom stereocenters. The van der Waals surface area contributed by atoms with Crippen molar-refractivity contribution in [1.29, 1.82) is 0 Å². The van der Waals surface area contributed by atoms with Crippen molar-refractivity contribution < 1.29 is 4.79 Å². The van der Waals surface area contributed by atoms with Gasteiger partial charge < -0.3 is 10.2 Å². The van der Waals surface area contributed by atoms with Gasteiger partial charge in [-0.3, -0.25) is 4.79 Å². The SMILES string of the molecule is Cc1ncc(C(=O)N2CCNCC2C)s1.Cl. The van der Waals surface area contributed by atoms with Crippen molar-refractivity contribution in [3.05, 3.63) is 16.1 Å². The molecule has 1 fully saturated rings. The lowest BCUT2D eigenvalue weighted by Gasteiger charge is -2.33. The molecule has 1 amide bonds. The summed E-state index contributed by atoms with van der Waals surface area (Å²) >= 11 is 1.47. The molecule has 16 heavy (non-hydrogen) atoms. The van der Waals surface area contributed by atoms with Crippen LogP contribution in [0.5, 0.6) is 0 Å². The molecule has 4 nitrogen and oxygen atoms in total. The second-order valence-corrected chi connectivity index (χ2v) is 5.03. The van der Waals surface area contributed by atoms with Gasteiger partial charge in [0, 0.05) is 25.7 Å². The van der Waals surface area contributed by atoms with Crippen molar-refractivity contribution in [3.63, 3.8) is 0 Å². The maximum atomic E-state index is 12.1. The van der Waals surface area contributed by atoms with E-state index in [1.807, 2.05) is 11.8 Å². The van der Waals surface area contributed by atoms with E-state index in [1.165, 1.54) is 11.3 Å². The topological polar surface area (TPSA) is 45.2 Å². The molecule has 1 unspecified atom stereocenters. The Bertz CT molecular complexity index is 369. The number of rotatable bonds is 1. The third kappa shape index (κ3) is 2.72. The average Bonchev–Trinajstić information content (AvgIpc) is 2.65. The van der Waals surface area contributed by atoms with Gasteiger partial charge in [0.25, 0.3) is 5.91 Å². The van der Waals surface area contributed by atoms with E-state index in [1.54, 1.807) is 6.20 Å². The van der Waals surface area contributed by atoms with Gasteiger partial charge >= 0.3 is 0 Å². The highest BCUT2D eigenvalue weighted by molar-refractivity contribution is 7.13. The van der Waals surface area contributed by atoms with E-state index >= 15 is 0 Å². The minimum atomic E-state index is 0. The number of thiazole rings is 1. The van der Waals surface area contributed by atoms with Crippen LogP contribution in [0.3, 0.4) is 0 Å². The van der Waals surface area contributed by atoms with Crippen molar-refractivity contribution in [2.75, 3.05) is 19.6 Å². The van der Waals surface area contributed by atoms with E-state index in [4.69, 9.17) is 0 Å². The van der Waals surface area contributed by atoms with Gasteiger partial charge in [0.1, 0.15) is 4.88 Å². The molecule has 1 N–H and O–H groups in total. The van der Waals surface area contributed by atoms with Gasteiger partial charge in [0.15, 0.2) is 0 Å². The lowest BCUT2D eigenvalue weighted by atomic mass is 10.2. The van der Waals surface area contributed by atoms with E-state index in [0.29, 0.717) is 0 Å². The molecule has 1 aliphatic heterocycles. The highest BCUT2D eigenvalue weighted by Gasteiger charge is 2.24. The predicted octanol–water partition coefficient (Wildman–Crippen LogP) is 1.31. The fraction of sp³-hybridized carbons (Fsp3) is 0.600. The lowest BCUT2D eigenvalue weighted by Crippen LogP contribution is -2.52. The summed E-state index contributed by atoms with van der Waals surface area (Å²) < 4.78 is 0. The summed E-state index contributed by atoms with van der Waals surface area (Å²) in [5.41, 5.74) is 0. The fourth-order valence-corrected chi connectivity index (χ4v) is 2.48. The number of amides is 1. The summed E-state index contributed by atoms with van der Waals surface area (Å²) in [6.07, 6.45) is 1.68. The Morgan fingerprint density at radius 1 is 1.69 bits per heavy atom. The van der Waals surface area contributed by atoms with Gasteiger partial charge in [-0.25, -0.2) is 4.98 Å². The molecule has 0 aromatic carbocycles. The average molecular weight is 262 g/mol. The Balaban J connectivity index is 0.00000128. The number of hydrogen-bond donors (Lipinski definition) is 1. The number of hydrogen-bond acceptors (Lipinski definition) is 4. The third-order valence-electron chi connectivity index (χ3n) is 2.59. The lowest BCUT2D eigenvalue weighted by molar-refractivity contribution is 0.0660. The van der Waals surface area contributed by atoms with Gasteiger partial charge in [-0.2, -0.15) is 0 Å². The molecule has 6 heteroatoms. The monoisotopic (exact) mass is 261 g/mol. The molecule has 0 bridgehead atoms. The summed E-state index contributed by atoms with van der Waals surface area (Å²) in [4.78, 5) is 18.9. The van der Waals surface area contributed by atoms with Crippen LogP contribution in [-0.2, 0) is 0 Å².